The minimum atomic E-state index is -0.753. The number of amides is 1. The zero-order valence-electron chi connectivity index (χ0n) is 9.94. The zero-order valence-corrected chi connectivity index (χ0v) is 10.8. The lowest BCUT2D eigenvalue weighted by Gasteiger charge is -2.07. The Hall–Kier alpha value is -1.20. The molecule has 17 heavy (non-hydrogen) atoms. The molecule has 0 bridgehead atoms. The van der Waals surface area contributed by atoms with Crippen LogP contribution in [0.4, 0.5) is 0 Å². The van der Waals surface area contributed by atoms with Crippen LogP contribution in [0.25, 0.3) is 0 Å². The molecule has 1 aromatic carbocycles. The Morgan fingerprint density at radius 2 is 2.12 bits per heavy atom. The molecule has 0 saturated carbocycles. The van der Waals surface area contributed by atoms with Gasteiger partial charge in [-0.25, -0.2) is 0 Å². The molecule has 1 atom stereocenters. The number of hydrogen-bond acceptors (Lipinski definition) is 3. The molecule has 1 unspecified atom stereocenters. The largest absolute Gasteiger partial charge is 0.366 e. The van der Waals surface area contributed by atoms with Gasteiger partial charge in [-0.2, -0.15) is 0 Å². The minimum absolute atomic E-state index is 0.417. The summed E-state index contributed by atoms with van der Waals surface area (Å²) in [6, 6.07) is 7.23. The van der Waals surface area contributed by atoms with Crippen molar-refractivity contribution in [1.29, 1.82) is 0 Å². The van der Waals surface area contributed by atoms with Crippen LogP contribution in [0.3, 0.4) is 0 Å². The summed E-state index contributed by atoms with van der Waals surface area (Å²) in [7, 11) is -0.753. The lowest BCUT2D eigenvalue weighted by molar-refractivity contribution is 0.0999. The van der Waals surface area contributed by atoms with Gasteiger partial charge in [-0.3, -0.25) is 9.00 Å². The van der Waals surface area contributed by atoms with E-state index in [1.807, 2.05) is 19.1 Å². The molecule has 0 heterocycles. The first-order valence-corrected chi connectivity index (χ1v) is 7.07. The molecule has 5 heteroatoms. The summed E-state index contributed by atoms with van der Waals surface area (Å²) in [5.41, 5.74) is 6.69. The van der Waals surface area contributed by atoms with Crippen LogP contribution < -0.4 is 11.1 Å². The van der Waals surface area contributed by atoms with E-state index < -0.39 is 16.7 Å². The predicted molar refractivity (Wildman–Crippen MR) is 70.2 cm³/mol. The topological polar surface area (TPSA) is 72.2 Å². The molecule has 1 amide bonds. The van der Waals surface area contributed by atoms with E-state index in [9.17, 15) is 9.00 Å². The van der Waals surface area contributed by atoms with Gasteiger partial charge >= 0.3 is 0 Å². The highest BCUT2D eigenvalue weighted by molar-refractivity contribution is 7.84. The van der Waals surface area contributed by atoms with Gasteiger partial charge in [-0.05, 0) is 11.6 Å². The number of nitrogens with two attached hydrogens (primary N) is 1. The monoisotopic (exact) mass is 254 g/mol. The normalized spacial score (nSPS) is 12.3. The van der Waals surface area contributed by atoms with Crippen LogP contribution in [0.2, 0.25) is 0 Å². The lowest BCUT2D eigenvalue weighted by Crippen LogP contribution is -2.23. The average molecular weight is 254 g/mol. The van der Waals surface area contributed by atoms with Gasteiger partial charge in [-0.1, -0.05) is 25.1 Å². The van der Waals surface area contributed by atoms with E-state index in [1.165, 1.54) is 0 Å². The smallest absolute Gasteiger partial charge is 0.249 e. The van der Waals surface area contributed by atoms with Gasteiger partial charge in [0.2, 0.25) is 5.91 Å². The van der Waals surface area contributed by atoms with Crippen LogP contribution in [-0.2, 0) is 17.3 Å². The predicted octanol–water partition coefficient (Wildman–Crippen LogP) is 0.644. The van der Waals surface area contributed by atoms with Crippen molar-refractivity contribution in [3.8, 4) is 0 Å². The Morgan fingerprint density at radius 3 is 2.76 bits per heavy atom. The Kier molecular flexibility index (Phi) is 5.86. The van der Waals surface area contributed by atoms with Crippen molar-refractivity contribution in [3.05, 3.63) is 35.4 Å². The first-order chi connectivity index (χ1) is 8.15. The molecule has 1 aromatic rings. The zero-order chi connectivity index (χ0) is 12.7. The summed E-state index contributed by atoms with van der Waals surface area (Å²) < 4.78 is 11.2. The minimum Gasteiger partial charge on any atom is -0.366 e. The SMILES string of the molecule is CCS(=O)CCNCc1ccccc1C(N)=O. The quantitative estimate of drug-likeness (QED) is 0.702. The van der Waals surface area contributed by atoms with Gasteiger partial charge in [0, 0.05) is 41.0 Å². The van der Waals surface area contributed by atoms with Gasteiger partial charge in [-0.15, -0.1) is 0 Å². The highest BCUT2D eigenvalue weighted by Gasteiger charge is 2.06. The summed E-state index contributed by atoms with van der Waals surface area (Å²) in [5.74, 6) is 0.897. The second-order valence-electron chi connectivity index (χ2n) is 3.63. The highest BCUT2D eigenvalue weighted by Crippen LogP contribution is 2.07. The van der Waals surface area contributed by atoms with Crippen molar-refractivity contribution in [3.63, 3.8) is 0 Å². The Morgan fingerprint density at radius 1 is 1.41 bits per heavy atom. The maximum absolute atomic E-state index is 11.2. The van der Waals surface area contributed by atoms with Gasteiger partial charge < -0.3 is 11.1 Å². The Bertz CT molecular complexity index is 407. The third kappa shape index (κ3) is 4.66. The number of benzene rings is 1. The summed E-state index contributed by atoms with van der Waals surface area (Å²) in [6.45, 7) is 3.14. The summed E-state index contributed by atoms with van der Waals surface area (Å²) in [6.07, 6.45) is 0. The number of rotatable bonds is 7. The average Bonchev–Trinajstić information content (AvgIpc) is 2.34. The van der Waals surface area contributed by atoms with Crippen LogP contribution in [0, 0.1) is 0 Å². The van der Waals surface area contributed by atoms with Gasteiger partial charge in [0.1, 0.15) is 0 Å². The molecule has 3 N–H and O–H groups in total. The Labute approximate surface area is 104 Å². The molecule has 4 nitrogen and oxygen atoms in total. The lowest BCUT2D eigenvalue weighted by atomic mass is 10.1. The molecular weight excluding hydrogens is 236 g/mol. The molecule has 1 rings (SSSR count). The molecule has 0 aliphatic carbocycles. The summed E-state index contributed by atoms with van der Waals surface area (Å²) in [4.78, 5) is 11.2. The van der Waals surface area contributed by atoms with Crippen molar-refractivity contribution in [2.75, 3.05) is 18.1 Å². The van der Waals surface area contributed by atoms with E-state index in [1.54, 1.807) is 12.1 Å². The van der Waals surface area contributed by atoms with Crippen molar-refractivity contribution in [1.82, 2.24) is 5.32 Å². The standard InChI is InChI=1S/C12H18N2O2S/c1-2-17(16)8-7-14-9-10-5-3-4-6-11(10)12(13)15/h3-6,14H,2,7-9H2,1H3,(H2,13,15). The number of primary amides is 1. The maximum Gasteiger partial charge on any atom is 0.249 e. The summed E-state index contributed by atoms with van der Waals surface area (Å²) >= 11 is 0. The van der Waals surface area contributed by atoms with E-state index in [0.717, 1.165) is 5.56 Å². The van der Waals surface area contributed by atoms with Crippen LogP contribution >= 0.6 is 0 Å². The van der Waals surface area contributed by atoms with E-state index in [-0.39, 0.29) is 0 Å². The van der Waals surface area contributed by atoms with Crippen LogP contribution in [-0.4, -0.2) is 28.2 Å². The molecule has 0 saturated heterocycles. The molecule has 0 aromatic heterocycles. The van der Waals surface area contributed by atoms with Crippen LogP contribution in [0.15, 0.2) is 24.3 Å². The van der Waals surface area contributed by atoms with E-state index >= 15 is 0 Å². The number of carbonyl (C=O) groups excluding carboxylic acids is 1. The molecule has 0 radical (unpaired) electrons. The summed E-state index contributed by atoms with van der Waals surface area (Å²) in [5, 5.41) is 3.16. The number of nitrogens with one attached hydrogen (secondary N) is 1. The fourth-order valence-corrected chi connectivity index (χ4v) is 2.13. The molecule has 0 aliphatic rings. The van der Waals surface area contributed by atoms with Crippen LogP contribution in [0.1, 0.15) is 22.8 Å². The number of carbonyl (C=O) groups is 1. The van der Waals surface area contributed by atoms with E-state index in [0.29, 0.717) is 30.2 Å². The van der Waals surface area contributed by atoms with Gasteiger partial charge in [0.05, 0.1) is 0 Å². The second kappa shape index (κ2) is 7.19. The Balaban J connectivity index is 2.46. The van der Waals surface area contributed by atoms with Crippen LogP contribution in [0.5, 0.6) is 0 Å². The third-order valence-corrected chi connectivity index (χ3v) is 3.73. The van der Waals surface area contributed by atoms with Crippen molar-refractivity contribution in [2.24, 2.45) is 5.73 Å². The fraction of sp³-hybridized carbons (Fsp3) is 0.417. The van der Waals surface area contributed by atoms with Gasteiger partial charge in [0.15, 0.2) is 0 Å². The highest BCUT2D eigenvalue weighted by atomic mass is 32.2. The van der Waals surface area contributed by atoms with Gasteiger partial charge in [0.25, 0.3) is 0 Å². The molecule has 94 valence electrons. The van der Waals surface area contributed by atoms with E-state index in [2.05, 4.69) is 5.32 Å². The molecule has 0 aliphatic heterocycles. The van der Waals surface area contributed by atoms with E-state index in [4.69, 9.17) is 5.73 Å². The van der Waals surface area contributed by atoms with Crippen molar-refractivity contribution >= 4 is 16.7 Å². The second-order valence-corrected chi connectivity index (χ2v) is 5.50. The molecular formula is C12H18N2O2S. The maximum atomic E-state index is 11.2. The molecule has 0 fully saturated rings. The van der Waals surface area contributed by atoms with Crippen molar-refractivity contribution < 1.29 is 9.00 Å². The number of hydrogen-bond donors (Lipinski definition) is 2. The first-order valence-electron chi connectivity index (χ1n) is 5.58. The van der Waals surface area contributed by atoms with Crippen molar-refractivity contribution in [2.45, 2.75) is 13.5 Å². The molecule has 0 spiro atoms. The first kappa shape index (κ1) is 13.9. The third-order valence-electron chi connectivity index (χ3n) is 2.43. The fourth-order valence-electron chi connectivity index (χ4n) is 1.47.